The van der Waals surface area contributed by atoms with E-state index in [1.807, 2.05) is 0 Å². The number of hydrogen-bond acceptors (Lipinski definition) is 4. The van der Waals surface area contributed by atoms with Crippen molar-refractivity contribution >= 4 is 5.91 Å². The van der Waals surface area contributed by atoms with E-state index in [4.69, 9.17) is 0 Å². The Hall–Kier alpha value is -2.59. The molecule has 0 aliphatic heterocycles. The van der Waals surface area contributed by atoms with Crippen LogP contribution in [-0.4, -0.2) is 37.9 Å². The third-order valence-corrected chi connectivity index (χ3v) is 4.76. The molecule has 3 rings (SSSR count). The van der Waals surface area contributed by atoms with E-state index in [0.717, 1.165) is 0 Å². The van der Waals surface area contributed by atoms with Gasteiger partial charge in [-0.2, -0.15) is 13.2 Å². The summed E-state index contributed by atoms with van der Waals surface area (Å²) in [5.41, 5.74) is -1.46. The molecule has 6 nitrogen and oxygen atoms in total. The Morgan fingerprint density at radius 2 is 1.89 bits per heavy atom. The van der Waals surface area contributed by atoms with Gasteiger partial charge in [-0.15, -0.1) is 0 Å². The first kappa shape index (κ1) is 20.2. The van der Waals surface area contributed by atoms with Crippen molar-refractivity contribution in [3.63, 3.8) is 0 Å². The minimum Gasteiger partial charge on any atom is -0.348 e. The van der Waals surface area contributed by atoms with E-state index < -0.39 is 35.8 Å². The lowest BCUT2D eigenvalue weighted by molar-refractivity contribution is -0.141. The average molecular weight is 403 g/mol. The Morgan fingerprint density at radius 3 is 2.43 bits per heavy atom. The number of rotatable bonds is 4. The number of nitrogens with zero attached hydrogens (tertiary/aromatic N) is 4. The monoisotopic (exact) mass is 403 g/mol. The maximum absolute atomic E-state index is 13.2. The molecule has 28 heavy (non-hydrogen) atoms. The number of alkyl halides is 5. The van der Waals surface area contributed by atoms with Gasteiger partial charge in [0.2, 0.25) is 6.43 Å². The van der Waals surface area contributed by atoms with Crippen molar-refractivity contribution < 1.29 is 26.7 Å². The van der Waals surface area contributed by atoms with Gasteiger partial charge in [-0.1, -0.05) is 0 Å². The van der Waals surface area contributed by atoms with Gasteiger partial charge in [-0.3, -0.25) is 4.79 Å². The number of aryl methyl sites for hydroxylation is 1. The van der Waals surface area contributed by atoms with Crippen LogP contribution in [0.5, 0.6) is 0 Å². The van der Waals surface area contributed by atoms with Crippen LogP contribution in [0.3, 0.4) is 0 Å². The number of aromatic nitrogens is 4. The summed E-state index contributed by atoms with van der Waals surface area (Å²) in [5.74, 6) is -1.78. The number of imidazole rings is 1. The molecule has 0 radical (unpaired) electrons. The van der Waals surface area contributed by atoms with E-state index in [1.165, 1.54) is 17.1 Å². The van der Waals surface area contributed by atoms with Gasteiger partial charge in [0.25, 0.3) is 5.91 Å². The first-order valence-electron chi connectivity index (χ1n) is 8.67. The molecule has 0 unspecified atom stereocenters. The van der Waals surface area contributed by atoms with Crippen LogP contribution in [0.25, 0.3) is 11.5 Å². The zero-order valence-corrected chi connectivity index (χ0v) is 14.9. The lowest BCUT2D eigenvalue weighted by Gasteiger charge is -2.28. The molecule has 0 aromatic carbocycles. The lowest BCUT2D eigenvalue weighted by atomic mass is 9.86. The Labute approximate surface area is 157 Å². The number of nitrogens with one attached hydrogen (secondary N) is 1. The molecule has 1 amide bonds. The topological polar surface area (TPSA) is 72.7 Å². The molecule has 0 atom stereocenters. The second-order valence-electron chi connectivity index (χ2n) is 6.77. The van der Waals surface area contributed by atoms with Crippen LogP contribution in [0.1, 0.15) is 41.9 Å². The summed E-state index contributed by atoms with van der Waals surface area (Å²) < 4.78 is 66.5. The predicted molar refractivity (Wildman–Crippen MR) is 88.5 cm³/mol. The van der Waals surface area contributed by atoms with Crippen LogP contribution in [0.4, 0.5) is 22.0 Å². The number of carbonyl (C=O) groups is 1. The normalized spacial score (nSPS) is 20.4. The zero-order chi connectivity index (χ0) is 20.5. The van der Waals surface area contributed by atoms with E-state index in [2.05, 4.69) is 20.3 Å². The Kier molecular flexibility index (Phi) is 5.61. The summed E-state index contributed by atoms with van der Waals surface area (Å²) in [6.07, 6.45) is -3.32. The molecule has 2 aromatic heterocycles. The Morgan fingerprint density at radius 1 is 1.21 bits per heavy atom. The van der Waals surface area contributed by atoms with Crippen molar-refractivity contribution in [1.29, 1.82) is 0 Å². The second-order valence-corrected chi connectivity index (χ2v) is 6.77. The summed E-state index contributed by atoms with van der Waals surface area (Å²) in [6.45, 7) is 0. The van der Waals surface area contributed by atoms with E-state index in [0.29, 0.717) is 18.9 Å². The highest BCUT2D eigenvalue weighted by Gasteiger charge is 2.35. The van der Waals surface area contributed by atoms with Gasteiger partial charge in [-0.05, 0) is 25.7 Å². The van der Waals surface area contributed by atoms with Gasteiger partial charge < -0.3 is 9.88 Å². The number of amides is 1. The molecule has 0 saturated heterocycles. The third kappa shape index (κ3) is 4.45. The van der Waals surface area contributed by atoms with Gasteiger partial charge in [0, 0.05) is 25.1 Å². The molecule has 2 heterocycles. The molecule has 0 spiro atoms. The second kappa shape index (κ2) is 7.80. The van der Waals surface area contributed by atoms with Crippen LogP contribution in [-0.2, 0) is 13.2 Å². The Balaban J connectivity index is 1.82. The molecule has 1 fully saturated rings. The Bertz CT molecular complexity index is 843. The summed E-state index contributed by atoms with van der Waals surface area (Å²) >= 11 is 0. The summed E-state index contributed by atoms with van der Waals surface area (Å²) in [4.78, 5) is 23.8. The van der Waals surface area contributed by atoms with Crippen LogP contribution in [0.15, 0.2) is 18.6 Å². The average Bonchev–Trinajstić information content (AvgIpc) is 3.07. The van der Waals surface area contributed by atoms with Gasteiger partial charge in [0.05, 0.1) is 12.5 Å². The molecule has 152 valence electrons. The number of halogens is 5. The quantitative estimate of drug-likeness (QED) is 0.794. The number of hydrogen-bond donors (Lipinski definition) is 1. The van der Waals surface area contributed by atoms with Crippen molar-refractivity contribution in [2.24, 2.45) is 13.0 Å². The number of carbonyl (C=O) groups excluding carboxylic acids is 1. The van der Waals surface area contributed by atoms with Crippen LogP contribution in [0, 0.1) is 5.92 Å². The molecular formula is C17H18F5N5O. The van der Waals surface area contributed by atoms with E-state index in [-0.39, 0.29) is 30.4 Å². The molecular weight excluding hydrogens is 385 g/mol. The minimum atomic E-state index is -4.76. The fourth-order valence-corrected chi connectivity index (χ4v) is 3.17. The van der Waals surface area contributed by atoms with Gasteiger partial charge in [0.1, 0.15) is 17.1 Å². The molecule has 1 N–H and O–H groups in total. The van der Waals surface area contributed by atoms with E-state index in [1.54, 1.807) is 7.05 Å². The highest BCUT2D eigenvalue weighted by molar-refractivity contribution is 5.93. The first-order chi connectivity index (χ1) is 13.1. The molecule has 1 aliphatic carbocycles. The van der Waals surface area contributed by atoms with Crippen molar-refractivity contribution in [2.75, 3.05) is 0 Å². The maximum Gasteiger partial charge on any atom is 0.433 e. The molecule has 2 aromatic rings. The third-order valence-electron chi connectivity index (χ3n) is 4.76. The molecule has 11 heteroatoms. The van der Waals surface area contributed by atoms with Gasteiger partial charge in [-0.25, -0.2) is 23.7 Å². The van der Waals surface area contributed by atoms with Crippen molar-refractivity contribution in [3.8, 4) is 11.5 Å². The fraction of sp³-hybridized carbons (Fsp3) is 0.529. The highest BCUT2D eigenvalue weighted by Crippen LogP contribution is 2.31. The highest BCUT2D eigenvalue weighted by atomic mass is 19.4. The SMILES string of the molecule is Cn1cncc1-c1nc(C(=O)NC2CCC(C(F)F)CC2)cc(C(F)(F)F)n1. The summed E-state index contributed by atoms with van der Waals surface area (Å²) in [6, 6.07) is 0.201. The van der Waals surface area contributed by atoms with Gasteiger partial charge >= 0.3 is 6.18 Å². The summed E-state index contributed by atoms with van der Waals surface area (Å²) in [7, 11) is 1.56. The first-order valence-corrected chi connectivity index (χ1v) is 8.67. The predicted octanol–water partition coefficient (Wildman–Crippen LogP) is 3.45. The standard InChI is InChI=1S/C17H18F5N5O/c1-27-8-23-7-12(27)15-25-11(6-13(26-15)17(20,21)22)16(28)24-10-4-2-9(3-5-10)14(18)19/h6-10,14H,2-5H2,1H3,(H,24,28). The van der Waals surface area contributed by atoms with Gasteiger partial charge in [0.15, 0.2) is 5.82 Å². The van der Waals surface area contributed by atoms with E-state index in [9.17, 15) is 26.7 Å². The van der Waals surface area contributed by atoms with Crippen LogP contribution < -0.4 is 5.32 Å². The lowest BCUT2D eigenvalue weighted by Crippen LogP contribution is -2.39. The summed E-state index contributed by atoms with van der Waals surface area (Å²) in [5, 5.41) is 2.60. The zero-order valence-electron chi connectivity index (χ0n) is 14.9. The molecule has 0 bridgehead atoms. The molecule has 1 saturated carbocycles. The molecule has 1 aliphatic rings. The van der Waals surface area contributed by atoms with Crippen LogP contribution >= 0.6 is 0 Å². The largest absolute Gasteiger partial charge is 0.433 e. The van der Waals surface area contributed by atoms with Crippen LogP contribution in [0.2, 0.25) is 0 Å². The van der Waals surface area contributed by atoms with Crippen molar-refractivity contribution in [3.05, 3.63) is 30.0 Å². The van der Waals surface area contributed by atoms with Crippen molar-refractivity contribution in [2.45, 2.75) is 44.3 Å². The van der Waals surface area contributed by atoms with Crippen molar-refractivity contribution in [1.82, 2.24) is 24.8 Å². The maximum atomic E-state index is 13.2. The minimum absolute atomic E-state index is 0.220. The smallest absolute Gasteiger partial charge is 0.348 e. The van der Waals surface area contributed by atoms with E-state index >= 15 is 0 Å². The fourth-order valence-electron chi connectivity index (χ4n) is 3.17.